The number of hydrogen-bond acceptors (Lipinski definition) is 3. The first-order valence-corrected chi connectivity index (χ1v) is 9.38. The molecule has 0 saturated carbocycles. The van der Waals surface area contributed by atoms with Crippen LogP contribution in [0.1, 0.15) is 56.6 Å². The Morgan fingerprint density at radius 1 is 0.852 bits per heavy atom. The Hall–Kier alpha value is -2.61. The van der Waals surface area contributed by atoms with E-state index in [2.05, 4.69) is 6.92 Å². The molecule has 0 saturated heterocycles. The molecule has 2 aromatic carbocycles. The molecule has 0 aliphatic rings. The van der Waals surface area contributed by atoms with Gasteiger partial charge in [-0.25, -0.2) is 4.39 Å². The molecule has 0 bridgehead atoms. The van der Waals surface area contributed by atoms with Crippen molar-refractivity contribution in [2.24, 2.45) is 0 Å². The van der Waals surface area contributed by atoms with Gasteiger partial charge in [-0.15, -0.1) is 0 Å². The Labute approximate surface area is 159 Å². The topological polar surface area (TPSA) is 42.2 Å². The highest BCUT2D eigenvalue weighted by molar-refractivity contribution is 5.38. The van der Waals surface area contributed by atoms with E-state index in [0.29, 0.717) is 6.61 Å². The predicted molar refractivity (Wildman–Crippen MR) is 101 cm³/mol. The zero-order chi connectivity index (χ0) is 19.5. The summed E-state index contributed by atoms with van der Waals surface area (Å²) in [6.45, 7) is 2.99. The summed E-state index contributed by atoms with van der Waals surface area (Å²) in [5.74, 6) is -1.76. The Bertz CT molecular complexity index is 754. The molecule has 0 spiro atoms. The highest BCUT2D eigenvalue weighted by atomic mass is 19.2. The molecule has 0 N–H and O–H groups in total. The zero-order valence-electron chi connectivity index (χ0n) is 15.6. The normalized spacial score (nSPS) is 10.4. The van der Waals surface area contributed by atoms with Crippen LogP contribution in [0.3, 0.4) is 0 Å². The number of unbranched alkanes of at least 4 members (excludes halogenated alkanes) is 5. The minimum atomic E-state index is -1.19. The summed E-state index contributed by atoms with van der Waals surface area (Å²) in [4.78, 5) is 0. The summed E-state index contributed by atoms with van der Waals surface area (Å²) in [6, 6.07) is 11.4. The molecule has 5 heteroatoms. The van der Waals surface area contributed by atoms with Gasteiger partial charge in [0.25, 0.3) is 0 Å². The molecule has 27 heavy (non-hydrogen) atoms. The first-order valence-electron chi connectivity index (χ1n) is 9.38. The van der Waals surface area contributed by atoms with Crippen molar-refractivity contribution in [1.29, 1.82) is 5.26 Å². The van der Waals surface area contributed by atoms with E-state index >= 15 is 0 Å². The van der Waals surface area contributed by atoms with Crippen LogP contribution in [0.2, 0.25) is 0 Å². The number of ether oxygens (including phenoxy) is 2. The van der Waals surface area contributed by atoms with Gasteiger partial charge < -0.3 is 9.47 Å². The number of benzene rings is 2. The fraction of sp³-hybridized carbons (Fsp3) is 0.409. The molecule has 0 heterocycles. The maximum atomic E-state index is 13.8. The van der Waals surface area contributed by atoms with Crippen molar-refractivity contribution in [1.82, 2.24) is 0 Å². The third-order valence-electron chi connectivity index (χ3n) is 4.25. The second-order valence-electron chi connectivity index (χ2n) is 6.40. The van der Waals surface area contributed by atoms with Crippen LogP contribution >= 0.6 is 0 Å². The summed E-state index contributed by atoms with van der Waals surface area (Å²) in [6.07, 6.45) is 7.30. The summed E-state index contributed by atoms with van der Waals surface area (Å²) in [5.41, 5.74) is 0.470. The Morgan fingerprint density at radius 2 is 1.56 bits per heavy atom. The molecule has 144 valence electrons. The molecular formula is C22H25F2NO2. The average molecular weight is 373 g/mol. The predicted octanol–water partition coefficient (Wildman–Crippen LogP) is 6.15. The van der Waals surface area contributed by atoms with Gasteiger partial charge in [0.05, 0.1) is 12.2 Å². The van der Waals surface area contributed by atoms with Crippen molar-refractivity contribution in [2.75, 3.05) is 6.61 Å². The zero-order valence-corrected chi connectivity index (χ0v) is 15.6. The molecule has 0 fully saturated rings. The van der Waals surface area contributed by atoms with Crippen molar-refractivity contribution in [2.45, 2.75) is 52.1 Å². The van der Waals surface area contributed by atoms with Crippen LogP contribution in [-0.4, -0.2) is 6.61 Å². The Balaban J connectivity index is 1.76. The number of halogens is 2. The van der Waals surface area contributed by atoms with E-state index in [9.17, 15) is 8.78 Å². The van der Waals surface area contributed by atoms with Gasteiger partial charge in [-0.3, -0.25) is 0 Å². The monoisotopic (exact) mass is 373 g/mol. The van der Waals surface area contributed by atoms with Crippen LogP contribution in [0.25, 0.3) is 0 Å². The molecule has 0 unspecified atom stereocenters. The molecule has 2 rings (SSSR count). The van der Waals surface area contributed by atoms with Crippen LogP contribution in [0.15, 0.2) is 36.4 Å². The Kier molecular flexibility index (Phi) is 8.57. The van der Waals surface area contributed by atoms with Gasteiger partial charge in [0.1, 0.15) is 18.4 Å². The molecule has 0 aliphatic carbocycles. The van der Waals surface area contributed by atoms with Crippen molar-refractivity contribution >= 4 is 0 Å². The van der Waals surface area contributed by atoms with E-state index in [4.69, 9.17) is 14.7 Å². The highest BCUT2D eigenvalue weighted by Gasteiger charge is 2.14. The van der Waals surface area contributed by atoms with Crippen LogP contribution in [0.4, 0.5) is 8.78 Å². The molecule has 2 aromatic rings. The largest absolute Gasteiger partial charge is 0.494 e. The lowest BCUT2D eigenvalue weighted by molar-refractivity contribution is 0.283. The molecule has 0 radical (unpaired) electrons. The second-order valence-corrected chi connectivity index (χ2v) is 6.40. The van der Waals surface area contributed by atoms with Crippen LogP contribution in [0, 0.1) is 23.0 Å². The van der Waals surface area contributed by atoms with E-state index in [0.717, 1.165) is 17.7 Å². The summed E-state index contributed by atoms with van der Waals surface area (Å²) >= 11 is 0. The number of hydrogen-bond donors (Lipinski definition) is 0. The highest BCUT2D eigenvalue weighted by Crippen LogP contribution is 2.23. The van der Waals surface area contributed by atoms with Crippen molar-refractivity contribution in [3.05, 3.63) is 59.2 Å². The van der Waals surface area contributed by atoms with Gasteiger partial charge in [0, 0.05) is 0 Å². The summed E-state index contributed by atoms with van der Waals surface area (Å²) in [7, 11) is 0. The summed E-state index contributed by atoms with van der Waals surface area (Å²) in [5, 5.41) is 8.68. The first-order chi connectivity index (χ1) is 13.2. The molecular weight excluding hydrogens is 348 g/mol. The van der Waals surface area contributed by atoms with Gasteiger partial charge in [-0.2, -0.15) is 9.65 Å². The number of nitriles is 1. The minimum absolute atomic E-state index is 0.0972. The van der Waals surface area contributed by atoms with Gasteiger partial charge in [-0.05, 0) is 36.2 Å². The maximum absolute atomic E-state index is 13.8. The third kappa shape index (κ3) is 6.56. The molecule has 0 amide bonds. The van der Waals surface area contributed by atoms with E-state index in [1.807, 2.05) is 24.3 Å². The average Bonchev–Trinajstić information content (AvgIpc) is 2.69. The number of nitrogens with zero attached hydrogens (tertiary/aromatic N) is 1. The second kappa shape index (κ2) is 11.2. The van der Waals surface area contributed by atoms with E-state index < -0.39 is 11.6 Å². The van der Waals surface area contributed by atoms with Gasteiger partial charge in [-0.1, -0.05) is 51.2 Å². The van der Waals surface area contributed by atoms with Gasteiger partial charge >= 0.3 is 0 Å². The fourth-order valence-corrected chi connectivity index (χ4v) is 2.64. The van der Waals surface area contributed by atoms with Crippen LogP contribution < -0.4 is 9.47 Å². The number of rotatable bonds is 11. The summed E-state index contributed by atoms with van der Waals surface area (Å²) < 4.78 is 38.4. The quantitative estimate of drug-likeness (QED) is 0.443. The molecule has 0 aliphatic heterocycles. The fourth-order valence-electron chi connectivity index (χ4n) is 2.64. The lowest BCUT2D eigenvalue weighted by Crippen LogP contribution is -2.01. The SMILES string of the molecule is CCCCCCCCOc1ccc(COc2ccc(C#N)c(F)c2F)cc1. The van der Waals surface area contributed by atoms with E-state index in [1.54, 1.807) is 6.07 Å². The van der Waals surface area contributed by atoms with Crippen molar-refractivity contribution < 1.29 is 18.3 Å². The first kappa shape index (κ1) is 20.7. The van der Waals surface area contributed by atoms with Crippen LogP contribution in [0.5, 0.6) is 11.5 Å². The van der Waals surface area contributed by atoms with E-state index in [1.165, 1.54) is 44.2 Å². The van der Waals surface area contributed by atoms with Crippen molar-refractivity contribution in [3.63, 3.8) is 0 Å². The Morgan fingerprint density at radius 3 is 2.26 bits per heavy atom. The third-order valence-corrected chi connectivity index (χ3v) is 4.25. The smallest absolute Gasteiger partial charge is 0.202 e. The minimum Gasteiger partial charge on any atom is -0.494 e. The maximum Gasteiger partial charge on any atom is 0.202 e. The molecule has 0 aromatic heterocycles. The van der Waals surface area contributed by atoms with Gasteiger partial charge in [0.15, 0.2) is 11.6 Å². The van der Waals surface area contributed by atoms with Crippen molar-refractivity contribution in [3.8, 4) is 17.6 Å². The molecule has 0 atom stereocenters. The lowest BCUT2D eigenvalue weighted by atomic mass is 10.1. The standard InChI is InChI=1S/C22H25F2NO2/c1-2-3-4-5-6-7-14-26-19-11-8-17(9-12-19)16-27-20-13-10-18(15-25)21(23)22(20)24/h8-13H,2-7,14,16H2,1H3. The van der Waals surface area contributed by atoms with Crippen LogP contribution in [-0.2, 0) is 6.61 Å². The van der Waals surface area contributed by atoms with E-state index in [-0.39, 0.29) is 17.9 Å². The molecule has 3 nitrogen and oxygen atoms in total. The lowest BCUT2D eigenvalue weighted by Gasteiger charge is -2.10. The van der Waals surface area contributed by atoms with Gasteiger partial charge in [0.2, 0.25) is 5.82 Å².